The smallest absolute Gasteiger partial charge is 0.248 e. The Kier molecular flexibility index (Phi) is 5.81. The molecule has 0 radical (unpaired) electrons. The first kappa shape index (κ1) is 16.3. The van der Waals surface area contributed by atoms with Crippen LogP contribution in [0.2, 0.25) is 5.02 Å². The van der Waals surface area contributed by atoms with Crippen LogP contribution in [-0.2, 0) is 4.79 Å². The van der Waals surface area contributed by atoms with E-state index in [1.807, 2.05) is 36.6 Å². The number of anilines is 1. The Bertz CT molecular complexity index is 728. The normalized spacial score (nSPS) is 10.6. The van der Waals surface area contributed by atoms with Crippen LogP contribution in [0.3, 0.4) is 0 Å². The molecule has 0 aliphatic carbocycles. The van der Waals surface area contributed by atoms with Gasteiger partial charge in [0.25, 0.3) is 0 Å². The quantitative estimate of drug-likeness (QED) is 0.486. The fourth-order valence-electron chi connectivity index (χ4n) is 1.82. The van der Waals surface area contributed by atoms with Crippen molar-refractivity contribution in [3.8, 4) is 0 Å². The van der Waals surface area contributed by atoms with Gasteiger partial charge in [-0.3, -0.25) is 10.2 Å². The van der Waals surface area contributed by atoms with E-state index < -0.39 is 0 Å². The number of hydrogen-bond acceptors (Lipinski definition) is 3. The molecule has 0 heterocycles. The van der Waals surface area contributed by atoms with Crippen LogP contribution >= 0.6 is 23.4 Å². The van der Waals surface area contributed by atoms with Crippen molar-refractivity contribution in [3.05, 3.63) is 70.8 Å². The first-order valence-electron chi connectivity index (χ1n) is 6.56. The number of carbonyl (C=O) groups is 1. The van der Waals surface area contributed by atoms with Crippen LogP contribution in [-0.4, -0.2) is 17.2 Å². The van der Waals surface area contributed by atoms with Crippen molar-refractivity contribution in [2.45, 2.75) is 0 Å². The molecule has 5 heteroatoms. The minimum atomic E-state index is -0.243. The van der Waals surface area contributed by atoms with Gasteiger partial charge in [0.05, 0.1) is 5.04 Å². The van der Waals surface area contributed by atoms with Gasteiger partial charge in [-0.2, -0.15) is 0 Å². The van der Waals surface area contributed by atoms with Crippen molar-refractivity contribution in [1.82, 2.24) is 0 Å². The van der Waals surface area contributed by atoms with Gasteiger partial charge < -0.3 is 5.32 Å². The predicted molar refractivity (Wildman–Crippen MR) is 95.9 cm³/mol. The van der Waals surface area contributed by atoms with E-state index in [0.29, 0.717) is 15.8 Å². The summed E-state index contributed by atoms with van der Waals surface area (Å²) in [4.78, 5) is 11.9. The van der Waals surface area contributed by atoms with Crippen molar-refractivity contribution in [2.75, 3.05) is 11.6 Å². The maximum atomic E-state index is 11.9. The second-order valence-electron chi connectivity index (χ2n) is 4.46. The molecule has 3 nitrogen and oxygen atoms in total. The van der Waals surface area contributed by atoms with Crippen LogP contribution in [0.5, 0.6) is 0 Å². The molecule has 0 saturated carbocycles. The van der Waals surface area contributed by atoms with Crippen LogP contribution in [0.25, 0.3) is 6.08 Å². The standard InChI is InChI=1S/C17H15ClN2OS/c1-22-17(19)13-6-4-7-14(11-13)20-16(21)10-9-12-5-2-3-8-15(12)18/h2-11,19H,1H3,(H,20,21). The highest BCUT2D eigenvalue weighted by Gasteiger charge is 2.03. The summed E-state index contributed by atoms with van der Waals surface area (Å²) in [6, 6.07) is 14.5. The number of thioether (sulfide) groups is 1. The van der Waals surface area contributed by atoms with E-state index in [1.165, 1.54) is 17.8 Å². The van der Waals surface area contributed by atoms with Gasteiger partial charge >= 0.3 is 0 Å². The average molecular weight is 331 g/mol. The lowest BCUT2D eigenvalue weighted by Gasteiger charge is -2.05. The molecule has 2 rings (SSSR count). The molecule has 1 amide bonds. The predicted octanol–water partition coefficient (Wildman–Crippen LogP) is 4.68. The molecule has 22 heavy (non-hydrogen) atoms. The highest BCUT2D eigenvalue weighted by molar-refractivity contribution is 8.13. The zero-order valence-corrected chi connectivity index (χ0v) is 13.5. The topological polar surface area (TPSA) is 53.0 Å². The van der Waals surface area contributed by atoms with Crippen molar-refractivity contribution in [3.63, 3.8) is 0 Å². The minimum Gasteiger partial charge on any atom is -0.322 e. The van der Waals surface area contributed by atoms with Crippen molar-refractivity contribution in [2.24, 2.45) is 0 Å². The zero-order valence-electron chi connectivity index (χ0n) is 12.0. The lowest BCUT2D eigenvalue weighted by Crippen LogP contribution is -2.08. The fourth-order valence-corrected chi connectivity index (χ4v) is 2.38. The lowest BCUT2D eigenvalue weighted by atomic mass is 10.2. The van der Waals surface area contributed by atoms with Crippen molar-refractivity contribution < 1.29 is 4.79 Å². The summed E-state index contributed by atoms with van der Waals surface area (Å²) in [7, 11) is 0. The molecule has 0 unspecified atom stereocenters. The number of nitrogens with one attached hydrogen (secondary N) is 2. The van der Waals surface area contributed by atoms with Crippen LogP contribution in [0.15, 0.2) is 54.6 Å². The number of hydrogen-bond donors (Lipinski definition) is 2. The van der Waals surface area contributed by atoms with Gasteiger partial charge in [-0.05, 0) is 36.1 Å². The Balaban J connectivity index is 2.06. The second-order valence-corrected chi connectivity index (χ2v) is 5.68. The summed E-state index contributed by atoms with van der Waals surface area (Å²) in [5.41, 5.74) is 2.22. The minimum absolute atomic E-state index is 0.243. The molecule has 0 aliphatic heterocycles. The number of benzene rings is 2. The number of rotatable bonds is 4. The molecular formula is C17H15ClN2OS. The molecule has 2 aromatic carbocycles. The van der Waals surface area contributed by atoms with Crippen molar-refractivity contribution >= 4 is 46.1 Å². The van der Waals surface area contributed by atoms with E-state index >= 15 is 0 Å². The molecule has 2 N–H and O–H groups in total. The van der Waals surface area contributed by atoms with Gasteiger partial charge in [0.2, 0.25) is 5.91 Å². The van der Waals surface area contributed by atoms with E-state index in [4.69, 9.17) is 17.0 Å². The molecular weight excluding hydrogens is 316 g/mol. The summed E-state index contributed by atoms with van der Waals surface area (Å²) in [6.45, 7) is 0. The summed E-state index contributed by atoms with van der Waals surface area (Å²) in [5, 5.41) is 11.6. The molecule has 0 saturated heterocycles. The van der Waals surface area contributed by atoms with E-state index in [2.05, 4.69) is 5.32 Å². The molecule has 0 aromatic heterocycles. The second kappa shape index (κ2) is 7.82. The summed E-state index contributed by atoms with van der Waals surface area (Å²) in [5.74, 6) is -0.243. The Morgan fingerprint density at radius 2 is 2.00 bits per heavy atom. The van der Waals surface area contributed by atoms with Gasteiger partial charge in [0.1, 0.15) is 0 Å². The van der Waals surface area contributed by atoms with Gasteiger partial charge in [-0.1, -0.05) is 41.9 Å². The lowest BCUT2D eigenvalue weighted by molar-refractivity contribution is -0.111. The fraction of sp³-hybridized carbons (Fsp3) is 0.0588. The molecule has 112 valence electrons. The molecule has 0 atom stereocenters. The Morgan fingerprint density at radius 1 is 1.23 bits per heavy atom. The zero-order chi connectivity index (χ0) is 15.9. The summed E-state index contributed by atoms with van der Waals surface area (Å²) in [6.07, 6.45) is 4.96. The Morgan fingerprint density at radius 3 is 2.73 bits per heavy atom. The monoisotopic (exact) mass is 330 g/mol. The van der Waals surface area contributed by atoms with Gasteiger partial charge in [-0.25, -0.2) is 0 Å². The largest absolute Gasteiger partial charge is 0.322 e. The summed E-state index contributed by atoms with van der Waals surface area (Å²) >= 11 is 7.39. The van der Waals surface area contributed by atoms with Crippen LogP contribution < -0.4 is 5.32 Å². The maximum Gasteiger partial charge on any atom is 0.248 e. The third kappa shape index (κ3) is 4.48. The number of carbonyl (C=O) groups excluding carboxylic acids is 1. The number of halogens is 1. The van der Waals surface area contributed by atoms with Gasteiger partial charge in [0, 0.05) is 22.3 Å². The maximum absolute atomic E-state index is 11.9. The van der Waals surface area contributed by atoms with E-state index in [-0.39, 0.29) is 5.91 Å². The average Bonchev–Trinajstić information content (AvgIpc) is 2.53. The van der Waals surface area contributed by atoms with Crippen LogP contribution in [0.1, 0.15) is 11.1 Å². The van der Waals surface area contributed by atoms with Gasteiger partial charge in [0.15, 0.2) is 0 Å². The van der Waals surface area contributed by atoms with Gasteiger partial charge in [-0.15, -0.1) is 11.8 Å². The van der Waals surface area contributed by atoms with Crippen molar-refractivity contribution in [1.29, 1.82) is 5.41 Å². The molecule has 0 spiro atoms. The molecule has 2 aromatic rings. The SMILES string of the molecule is CSC(=N)c1cccc(NC(=O)C=Cc2ccccc2Cl)c1. The first-order valence-corrected chi connectivity index (χ1v) is 8.17. The van der Waals surface area contributed by atoms with E-state index in [1.54, 1.807) is 24.3 Å². The molecule has 0 fully saturated rings. The Labute approximate surface area is 138 Å². The third-order valence-corrected chi connectivity index (χ3v) is 3.90. The first-order chi connectivity index (χ1) is 10.6. The summed E-state index contributed by atoms with van der Waals surface area (Å²) < 4.78 is 0. The molecule has 0 aliphatic rings. The van der Waals surface area contributed by atoms with E-state index in [0.717, 1.165) is 11.1 Å². The third-order valence-electron chi connectivity index (χ3n) is 2.92. The highest BCUT2D eigenvalue weighted by Crippen LogP contribution is 2.17. The van der Waals surface area contributed by atoms with E-state index in [9.17, 15) is 4.79 Å². The number of amides is 1. The molecule has 0 bridgehead atoms. The van der Waals surface area contributed by atoms with Crippen LogP contribution in [0, 0.1) is 5.41 Å². The van der Waals surface area contributed by atoms with Crippen LogP contribution in [0.4, 0.5) is 5.69 Å². The highest BCUT2D eigenvalue weighted by atomic mass is 35.5. The Hall–Kier alpha value is -2.04.